The molecule has 2 unspecified atom stereocenters. The summed E-state index contributed by atoms with van der Waals surface area (Å²) in [6, 6.07) is 3.68. The van der Waals surface area contributed by atoms with Gasteiger partial charge in [0.25, 0.3) is 0 Å². The molecule has 2 atom stereocenters. The molecule has 1 aromatic rings. The Morgan fingerprint density at radius 3 is 3.00 bits per heavy atom. The third-order valence-corrected chi connectivity index (χ3v) is 2.84. The molecular weight excluding hydrogens is 182 g/mol. The van der Waals surface area contributed by atoms with Crippen LogP contribution in [0.1, 0.15) is 17.8 Å². The second-order valence-electron chi connectivity index (χ2n) is 2.09. The number of hydrogen-bond acceptors (Lipinski definition) is 3. The van der Waals surface area contributed by atoms with Gasteiger partial charge in [0.15, 0.2) is 0 Å². The summed E-state index contributed by atoms with van der Waals surface area (Å²) in [5.74, 6) is 0. The lowest BCUT2D eigenvalue weighted by Crippen LogP contribution is -2.19. The van der Waals surface area contributed by atoms with Crippen molar-refractivity contribution in [2.45, 2.75) is 13.0 Å². The normalized spacial score (nSPS) is 16.2. The molecule has 3 nitrogen and oxygen atoms in total. The molecule has 1 aromatic heterocycles. The summed E-state index contributed by atoms with van der Waals surface area (Å²) in [5.41, 5.74) is 0. The third kappa shape index (κ3) is 2.70. The first-order valence-electron chi connectivity index (χ1n) is 3.09. The molecule has 0 aliphatic carbocycles. The Hall–Kier alpha value is -0.230. The van der Waals surface area contributed by atoms with Gasteiger partial charge >= 0.3 is 0 Å². The minimum absolute atomic E-state index is 0.117. The Labute approximate surface area is 71.9 Å². The Balaban J connectivity index is 2.56. The molecule has 0 spiro atoms. The number of rotatable bonds is 3. The van der Waals surface area contributed by atoms with Crippen LogP contribution in [0.4, 0.5) is 0 Å². The van der Waals surface area contributed by atoms with Gasteiger partial charge in [-0.1, -0.05) is 6.07 Å². The van der Waals surface area contributed by atoms with E-state index in [1.807, 2.05) is 24.4 Å². The molecule has 1 N–H and O–H groups in total. The van der Waals surface area contributed by atoms with E-state index in [1.165, 1.54) is 11.3 Å². The summed E-state index contributed by atoms with van der Waals surface area (Å²) >= 11 is -0.636. The average molecular weight is 190 g/mol. The fraction of sp³-hybridized carbons (Fsp3) is 0.333. The first kappa shape index (κ1) is 8.86. The fourth-order valence-electron chi connectivity index (χ4n) is 0.740. The van der Waals surface area contributed by atoms with Crippen LogP contribution in [-0.4, -0.2) is 8.76 Å². The van der Waals surface area contributed by atoms with E-state index in [9.17, 15) is 8.76 Å². The zero-order chi connectivity index (χ0) is 8.27. The van der Waals surface area contributed by atoms with Gasteiger partial charge in [0.1, 0.15) is 0 Å². The highest BCUT2D eigenvalue weighted by molar-refractivity contribution is 7.77. The molecule has 11 heavy (non-hydrogen) atoms. The maximum absolute atomic E-state index is 10.2. The maximum atomic E-state index is 10.2. The summed E-state index contributed by atoms with van der Waals surface area (Å²) in [6.45, 7) is 1.81. The van der Waals surface area contributed by atoms with Crippen molar-refractivity contribution in [2.24, 2.45) is 0 Å². The molecule has 0 aliphatic rings. The van der Waals surface area contributed by atoms with Crippen molar-refractivity contribution in [1.29, 1.82) is 0 Å². The number of thiophene rings is 1. The molecule has 0 saturated heterocycles. The van der Waals surface area contributed by atoms with E-state index >= 15 is 0 Å². The van der Waals surface area contributed by atoms with E-state index in [4.69, 9.17) is 0 Å². The van der Waals surface area contributed by atoms with Crippen LogP contribution in [0.3, 0.4) is 0 Å². The van der Waals surface area contributed by atoms with E-state index in [1.54, 1.807) is 0 Å². The van der Waals surface area contributed by atoms with Crippen molar-refractivity contribution < 1.29 is 8.76 Å². The van der Waals surface area contributed by atoms with Gasteiger partial charge in [-0.15, -0.1) is 11.3 Å². The molecule has 0 radical (unpaired) electrons. The van der Waals surface area contributed by atoms with E-state index in [-0.39, 0.29) is 6.04 Å². The molecule has 0 fully saturated rings. The van der Waals surface area contributed by atoms with Crippen molar-refractivity contribution in [3.63, 3.8) is 0 Å². The highest BCUT2D eigenvalue weighted by Crippen LogP contribution is 2.17. The van der Waals surface area contributed by atoms with Gasteiger partial charge in [-0.2, -0.15) is 0 Å². The Morgan fingerprint density at radius 2 is 2.55 bits per heavy atom. The van der Waals surface area contributed by atoms with Gasteiger partial charge in [0.05, 0.1) is 0 Å². The lowest BCUT2D eigenvalue weighted by Gasteiger charge is -2.13. The summed E-state index contributed by atoms with van der Waals surface area (Å²) in [6.07, 6.45) is 0. The fourth-order valence-corrected chi connectivity index (χ4v) is 1.96. The Kier molecular flexibility index (Phi) is 3.19. The molecule has 0 amide bonds. The smallest absolute Gasteiger partial charge is 0.0499 e. The second-order valence-corrected chi connectivity index (χ2v) is 3.77. The molecule has 1 rings (SSSR count). The van der Waals surface area contributed by atoms with Crippen LogP contribution < -0.4 is 4.72 Å². The van der Waals surface area contributed by atoms with Crippen molar-refractivity contribution in [3.05, 3.63) is 22.4 Å². The molecule has 1 heterocycles. The van der Waals surface area contributed by atoms with Crippen molar-refractivity contribution >= 4 is 22.6 Å². The zero-order valence-electron chi connectivity index (χ0n) is 5.94. The van der Waals surface area contributed by atoms with Crippen molar-refractivity contribution in [2.75, 3.05) is 0 Å². The molecule has 5 heteroatoms. The van der Waals surface area contributed by atoms with Crippen molar-refractivity contribution in [1.82, 2.24) is 4.72 Å². The highest BCUT2D eigenvalue weighted by atomic mass is 32.2. The third-order valence-electron chi connectivity index (χ3n) is 1.24. The molecule has 0 aliphatic heterocycles. The van der Waals surface area contributed by atoms with Crippen LogP contribution in [0.15, 0.2) is 17.5 Å². The first-order valence-corrected chi connectivity index (χ1v) is 5.04. The van der Waals surface area contributed by atoms with Gasteiger partial charge in [0, 0.05) is 22.2 Å². The van der Waals surface area contributed by atoms with Crippen LogP contribution in [-0.2, 0) is 11.3 Å². The van der Waals surface area contributed by atoms with Crippen LogP contribution >= 0.6 is 11.3 Å². The molecule has 0 saturated carbocycles. The summed E-state index contributed by atoms with van der Waals surface area (Å²) < 4.78 is 22.8. The van der Waals surface area contributed by atoms with Crippen LogP contribution in [0.2, 0.25) is 0 Å². The van der Waals surface area contributed by atoms with Crippen LogP contribution in [0.5, 0.6) is 0 Å². The van der Waals surface area contributed by atoms with Gasteiger partial charge in [0.2, 0.25) is 0 Å². The summed E-state index contributed by atoms with van der Waals surface area (Å²) in [7, 11) is 0. The van der Waals surface area contributed by atoms with Gasteiger partial charge in [-0.05, 0) is 18.4 Å². The predicted octanol–water partition coefficient (Wildman–Crippen LogP) is 1.19. The minimum atomic E-state index is -2.17. The molecular formula is C6H8NO2S2-. The predicted molar refractivity (Wildman–Crippen MR) is 44.8 cm³/mol. The van der Waals surface area contributed by atoms with Gasteiger partial charge in [-0.25, -0.2) is 4.72 Å². The van der Waals surface area contributed by atoms with Crippen LogP contribution in [0, 0.1) is 0 Å². The average Bonchev–Trinajstić information content (AvgIpc) is 2.35. The van der Waals surface area contributed by atoms with E-state index in [0.717, 1.165) is 4.88 Å². The first-order chi connectivity index (χ1) is 5.20. The monoisotopic (exact) mass is 190 g/mol. The van der Waals surface area contributed by atoms with Gasteiger partial charge < -0.3 is 4.55 Å². The maximum Gasteiger partial charge on any atom is 0.0499 e. The Morgan fingerprint density at radius 1 is 1.82 bits per heavy atom. The Bertz CT molecular complexity index is 235. The lowest BCUT2D eigenvalue weighted by molar-refractivity contribution is 0.513. The largest absolute Gasteiger partial charge is 0.760 e. The SMILES string of the molecule is CC(NS(=O)[O-])c1cccs1. The number of nitrogens with one attached hydrogen (secondary N) is 1. The van der Waals surface area contributed by atoms with E-state index in [0.29, 0.717) is 0 Å². The highest BCUT2D eigenvalue weighted by Gasteiger charge is 2.03. The zero-order valence-corrected chi connectivity index (χ0v) is 7.58. The molecule has 62 valence electrons. The standard InChI is InChI=1S/C6H9NO2S2/c1-5(7-11(8)9)6-3-2-4-10-6/h2-5,7H,1H3,(H,8,9)/p-1. The summed E-state index contributed by atoms with van der Waals surface area (Å²) in [5, 5.41) is 1.92. The van der Waals surface area contributed by atoms with Crippen LogP contribution in [0.25, 0.3) is 0 Å². The topological polar surface area (TPSA) is 52.2 Å². The van der Waals surface area contributed by atoms with Crippen molar-refractivity contribution in [3.8, 4) is 0 Å². The van der Waals surface area contributed by atoms with E-state index in [2.05, 4.69) is 4.72 Å². The minimum Gasteiger partial charge on any atom is -0.760 e. The molecule has 0 aromatic carbocycles. The summed E-state index contributed by atoms with van der Waals surface area (Å²) in [4.78, 5) is 1.02. The molecule has 0 bridgehead atoms. The quantitative estimate of drug-likeness (QED) is 0.728. The van der Waals surface area contributed by atoms with Gasteiger partial charge in [-0.3, -0.25) is 4.21 Å². The van der Waals surface area contributed by atoms with E-state index < -0.39 is 11.3 Å². The number of hydrogen-bond donors (Lipinski definition) is 1. The second kappa shape index (κ2) is 3.96. The lowest BCUT2D eigenvalue weighted by atomic mass is 10.3.